The van der Waals surface area contributed by atoms with E-state index < -0.39 is 18.4 Å². The fraction of sp³-hybridized carbons (Fsp3) is 0.300. The molecule has 0 aliphatic carbocycles. The molecule has 1 unspecified atom stereocenters. The van der Waals surface area contributed by atoms with Crippen LogP contribution in [-0.4, -0.2) is 11.1 Å². The second-order valence-corrected chi connectivity index (χ2v) is 3.25. The number of aliphatic carboxylic acids is 1. The van der Waals surface area contributed by atoms with E-state index in [0.717, 1.165) is 0 Å². The number of hydrogen-bond acceptors (Lipinski definition) is 2. The highest BCUT2D eigenvalue weighted by Crippen LogP contribution is 2.27. The third-order valence-corrected chi connectivity index (χ3v) is 2.08. The topological polar surface area (TPSA) is 63.3 Å². The number of benzene rings is 1. The van der Waals surface area contributed by atoms with Crippen LogP contribution in [0.15, 0.2) is 18.2 Å². The lowest BCUT2D eigenvalue weighted by molar-refractivity contribution is -0.138. The largest absolute Gasteiger partial charge is 0.480 e. The van der Waals surface area contributed by atoms with E-state index in [-0.39, 0.29) is 11.1 Å². The van der Waals surface area contributed by atoms with Crippen LogP contribution < -0.4 is 5.73 Å². The van der Waals surface area contributed by atoms with Gasteiger partial charge in [-0.2, -0.15) is 0 Å². The molecule has 0 amide bonds. The number of carboxylic acids is 1. The zero-order chi connectivity index (χ0) is 11.6. The standard InChI is InChI=1S/C10H11F2NO2/c1-5-2-3-6(9(11)12)7(4-5)8(13)10(14)15/h2-4,8-9H,13H2,1H3,(H,14,15). The minimum Gasteiger partial charge on any atom is -0.480 e. The molecule has 0 fully saturated rings. The van der Waals surface area contributed by atoms with E-state index in [1.807, 2.05) is 0 Å². The molecule has 15 heavy (non-hydrogen) atoms. The molecule has 3 nitrogen and oxygen atoms in total. The quantitative estimate of drug-likeness (QED) is 0.810. The van der Waals surface area contributed by atoms with Crippen LogP contribution in [0.1, 0.15) is 29.2 Å². The number of alkyl halides is 2. The lowest BCUT2D eigenvalue weighted by Crippen LogP contribution is -2.22. The summed E-state index contributed by atoms with van der Waals surface area (Å²) in [5, 5.41) is 8.66. The minimum atomic E-state index is -2.72. The predicted molar refractivity (Wildman–Crippen MR) is 50.7 cm³/mol. The summed E-state index contributed by atoms with van der Waals surface area (Å²) in [6, 6.07) is 2.67. The summed E-state index contributed by atoms with van der Waals surface area (Å²) in [4.78, 5) is 10.6. The van der Waals surface area contributed by atoms with Crippen LogP contribution in [0, 0.1) is 6.92 Å². The third-order valence-electron chi connectivity index (χ3n) is 2.08. The van der Waals surface area contributed by atoms with Gasteiger partial charge in [-0.1, -0.05) is 23.8 Å². The van der Waals surface area contributed by atoms with Crippen LogP contribution >= 0.6 is 0 Å². The van der Waals surface area contributed by atoms with E-state index in [9.17, 15) is 13.6 Å². The lowest BCUT2D eigenvalue weighted by atomic mass is 9.99. The molecule has 0 aliphatic heterocycles. The van der Waals surface area contributed by atoms with Gasteiger partial charge in [-0.25, -0.2) is 8.78 Å². The molecule has 0 spiro atoms. The number of carbonyl (C=O) groups is 1. The Balaban J connectivity index is 3.24. The first-order chi connectivity index (χ1) is 6.93. The third kappa shape index (κ3) is 2.50. The molecule has 1 rings (SSSR count). The van der Waals surface area contributed by atoms with Crippen LogP contribution in [-0.2, 0) is 4.79 Å². The molecule has 0 bridgehead atoms. The van der Waals surface area contributed by atoms with Crippen molar-refractivity contribution in [3.63, 3.8) is 0 Å². The number of carboxylic acid groups (broad SMARTS) is 1. The fourth-order valence-corrected chi connectivity index (χ4v) is 1.30. The molecule has 0 saturated carbocycles. The van der Waals surface area contributed by atoms with Gasteiger partial charge in [-0.15, -0.1) is 0 Å². The first-order valence-corrected chi connectivity index (χ1v) is 4.30. The van der Waals surface area contributed by atoms with Crippen molar-refractivity contribution in [2.75, 3.05) is 0 Å². The van der Waals surface area contributed by atoms with Crippen molar-refractivity contribution in [2.24, 2.45) is 5.73 Å². The molecule has 82 valence electrons. The van der Waals surface area contributed by atoms with Crippen molar-refractivity contribution in [1.29, 1.82) is 0 Å². The Morgan fingerprint density at radius 2 is 2.00 bits per heavy atom. The second-order valence-electron chi connectivity index (χ2n) is 3.25. The van der Waals surface area contributed by atoms with E-state index in [1.54, 1.807) is 6.92 Å². The molecule has 0 saturated heterocycles. The van der Waals surface area contributed by atoms with Gasteiger partial charge in [-0.3, -0.25) is 4.79 Å². The summed E-state index contributed by atoms with van der Waals surface area (Å²) >= 11 is 0. The number of halogens is 2. The summed E-state index contributed by atoms with van der Waals surface area (Å²) in [5.41, 5.74) is 5.66. The zero-order valence-electron chi connectivity index (χ0n) is 8.08. The Bertz CT molecular complexity index is 380. The van der Waals surface area contributed by atoms with Crippen molar-refractivity contribution in [2.45, 2.75) is 19.4 Å². The molecule has 0 radical (unpaired) electrons. The van der Waals surface area contributed by atoms with Gasteiger partial charge in [0.2, 0.25) is 0 Å². The van der Waals surface area contributed by atoms with E-state index in [2.05, 4.69) is 0 Å². The van der Waals surface area contributed by atoms with Crippen LogP contribution in [0.4, 0.5) is 8.78 Å². The smallest absolute Gasteiger partial charge is 0.325 e. The summed E-state index contributed by atoms with van der Waals surface area (Å²) < 4.78 is 25.1. The summed E-state index contributed by atoms with van der Waals surface area (Å²) in [5.74, 6) is -1.32. The Morgan fingerprint density at radius 1 is 1.40 bits per heavy atom. The highest BCUT2D eigenvalue weighted by atomic mass is 19.3. The molecule has 1 aromatic rings. The molecule has 5 heteroatoms. The van der Waals surface area contributed by atoms with Crippen LogP contribution in [0.3, 0.4) is 0 Å². The average Bonchev–Trinajstić information content (AvgIpc) is 2.15. The maximum Gasteiger partial charge on any atom is 0.325 e. The van der Waals surface area contributed by atoms with Gasteiger partial charge in [0.15, 0.2) is 0 Å². The molecule has 1 aromatic carbocycles. The highest BCUT2D eigenvalue weighted by Gasteiger charge is 2.22. The normalized spacial score (nSPS) is 12.9. The Hall–Kier alpha value is -1.49. The molecule has 3 N–H and O–H groups in total. The summed E-state index contributed by atoms with van der Waals surface area (Å²) in [7, 11) is 0. The molecular weight excluding hydrogens is 204 g/mol. The first-order valence-electron chi connectivity index (χ1n) is 4.30. The number of aryl methyl sites for hydroxylation is 1. The minimum absolute atomic E-state index is 0.0301. The molecule has 0 aliphatic rings. The van der Waals surface area contributed by atoms with E-state index in [1.165, 1.54) is 18.2 Å². The van der Waals surface area contributed by atoms with Gasteiger partial charge in [0.1, 0.15) is 6.04 Å². The van der Waals surface area contributed by atoms with Crippen molar-refractivity contribution < 1.29 is 18.7 Å². The number of hydrogen-bond donors (Lipinski definition) is 2. The molecule has 0 aromatic heterocycles. The maximum atomic E-state index is 12.5. The highest BCUT2D eigenvalue weighted by molar-refractivity contribution is 5.76. The Labute approximate surface area is 85.5 Å². The average molecular weight is 215 g/mol. The van der Waals surface area contributed by atoms with Crippen molar-refractivity contribution in [3.8, 4) is 0 Å². The van der Waals surface area contributed by atoms with Gasteiger partial charge >= 0.3 is 5.97 Å². The van der Waals surface area contributed by atoms with Gasteiger partial charge in [0.25, 0.3) is 6.43 Å². The molecule has 0 heterocycles. The lowest BCUT2D eigenvalue weighted by Gasteiger charge is -2.13. The van der Waals surface area contributed by atoms with E-state index in [0.29, 0.717) is 5.56 Å². The predicted octanol–water partition coefficient (Wildman–Crippen LogP) is 2.02. The van der Waals surface area contributed by atoms with Crippen LogP contribution in [0.5, 0.6) is 0 Å². The van der Waals surface area contributed by atoms with Crippen LogP contribution in [0.2, 0.25) is 0 Å². The van der Waals surface area contributed by atoms with Gasteiger partial charge < -0.3 is 10.8 Å². The SMILES string of the molecule is Cc1ccc(C(F)F)c(C(N)C(=O)O)c1. The Morgan fingerprint density at radius 3 is 2.47 bits per heavy atom. The maximum absolute atomic E-state index is 12.5. The summed E-state index contributed by atoms with van der Waals surface area (Å²) in [6.45, 7) is 1.69. The number of nitrogens with two attached hydrogens (primary N) is 1. The van der Waals surface area contributed by atoms with Gasteiger partial charge in [-0.05, 0) is 12.5 Å². The van der Waals surface area contributed by atoms with Crippen molar-refractivity contribution in [3.05, 3.63) is 34.9 Å². The van der Waals surface area contributed by atoms with Gasteiger partial charge in [0.05, 0.1) is 0 Å². The Kier molecular flexibility index (Phi) is 3.36. The summed E-state index contributed by atoms with van der Waals surface area (Å²) in [6.07, 6.45) is -2.72. The fourth-order valence-electron chi connectivity index (χ4n) is 1.30. The number of rotatable bonds is 3. The molecular formula is C10H11F2NO2. The van der Waals surface area contributed by atoms with Crippen LogP contribution in [0.25, 0.3) is 0 Å². The molecule has 1 atom stereocenters. The van der Waals surface area contributed by atoms with E-state index >= 15 is 0 Å². The van der Waals surface area contributed by atoms with Crippen molar-refractivity contribution >= 4 is 5.97 Å². The first kappa shape index (κ1) is 11.6. The second kappa shape index (κ2) is 4.35. The van der Waals surface area contributed by atoms with Gasteiger partial charge in [0, 0.05) is 5.56 Å². The van der Waals surface area contributed by atoms with E-state index in [4.69, 9.17) is 10.8 Å². The zero-order valence-corrected chi connectivity index (χ0v) is 8.08. The monoisotopic (exact) mass is 215 g/mol. The van der Waals surface area contributed by atoms with Crippen molar-refractivity contribution in [1.82, 2.24) is 0 Å².